The van der Waals surface area contributed by atoms with Crippen molar-refractivity contribution >= 4 is 5.95 Å². The zero-order valence-corrected chi connectivity index (χ0v) is 11.7. The molecule has 0 spiro atoms. The maximum Gasteiger partial charge on any atom is 0.226 e. The van der Waals surface area contributed by atoms with Gasteiger partial charge in [0.05, 0.1) is 6.61 Å². The van der Waals surface area contributed by atoms with Crippen molar-refractivity contribution in [3.05, 3.63) is 47.7 Å². The van der Waals surface area contributed by atoms with Gasteiger partial charge in [0.1, 0.15) is 0 Å². The summed E-state index contributed by atoms with van der Waals surface area (Å²) >= 11 is 0. The van der Waals surface area contributed by atoms with Crippen LogP contribution in [0.1, 0.15) is 24.5 Å². The Kier molecular flexibility index (Phi) is 5.32. The van der Waals surface area contributed by atoms with Crippen LogP contribution in [0.25, 0.3) is 0 Å². The van der Waals surface area contributed by atoms with Gasteiger partial charge in [-0.3, -0.25) is 0 Å². The van der Waals surface area contributed by atoms with Crippen molar-refractivity contribution in [3.63, 3.8) is 0 Å². The normalized spacial score (nSPS) is 10.3. The van der Waals surface area contributed by atoms with Crippen molar-refractivity contribution in [3.8, 4) is 5.88 Å². The number of nitrogens with one attached hydrogen (secondary N) is 1. The quantitative estimate of drug-likeness (QED) is 0.809. The highest BCUT2D eigenvalue weighted by Gasteiger charge is 2.00. The molecule has 2 aromatic rings. The monoisotopic (exact) mass is 272 g/mol. The van der Waals surface area contributed by atoms with Crippen LogP contribution in [0.15, 0.2) is 36.5 Å². The minimum atomic E-state index is 0.546. The molecule has 0 radical (unpaired) electrons. The van der Waals surface area contributed by atoms with Gasteiger partial charge in [0.15, 0.2) is 0 Å². The van der Waals surface area contributed by atoms with Gasteiger partial charge in [0.2, 0.25) is 11.8 Å². The highest BCUT2D eigenvalue weighted by atomic mass is 16.5. The van der Waals surface area contributed by atoms with E-state index in [0.29, 0.717) is 31.5 Å². The number of hydrogen-bond acceptors (Lipinski definition) is 5. The highest BCUT2D eigenvalue weighted by Crippen LogP contribution is 2.11. The Morgan fingerprint density at radius 2 is 2.10 bits per heavy atom. The molecule has 0 amide bonds. The number of hydrogen-bond donors (Lipinski definition) is 2. The lowest BCUT2D eigenvalue weighted by molar-refractivity contribution is 0.305. The van der Waals surface area contributed by atoms with Crippen LogP contribution in [0, 0.1) is 0 Å². The molecule has 3 N–H and O–H groups in total. The van der Waals surface area contributed by atoms with Crippen LogP contribution in [0.4, 0.5) is 5.95 Å². The SMILES string of the molecule is CCCOc1ccnc(NCc2cccc(CN)c2)n1. The summed E-state index contributed by atoms with van der Waals surface area (Å²) in [5, 5.41) is 3.19. The van der Waals surface area contributed by atoms with Crippen LogP contribution in [-0.2, 0) is 13.1 Å². The predicted molar refractivity (Wildman–Crippen MR) is 79.5 cm³/mol. The summed E-state index contributed by atoms with van der Waals surface area (Å²) in [4.78, 5) is 8.48. The van der Waals surface area contributed by atoms with E-state index in [2.05, 4.69) is 28.3 Å². The Labute approximate surface area is 119 Å². The summed E-state index contributed by atoms with van der Waals surface area (Å²) in [7, 11) is 0. The first kappa shape index (κ1) is 14.3. The molecule has 20 heavy (non-hydrogen) atoms. The molecule has 106 valence electrons. The Balaban J connectivity index is 1.95. The summed E-state index contributed by atoms with van der Waals surface area (Å²) < 4.78 is 5.48. The van der Waals surface area contributed by atoms with Gasteiger partial charge in [0.25, 0.3) is 0 Å². The molecule has 0 atom stereocenters. The van der Waals surface area contributed by atoms with Crippen LogP contribution in [0.5, 0.6) is 5.88 Å². The molecule has 0 aliphatic rings. The Bertz CT molecular complexity index is 545. The molecule has 0 saturated heterocycles. The number of nitrogens with two attached hydrogens (primary N) is 1. The van der Waals surface area contributed by atoms with Gasteiger partial charge in [-0.25, -0.2) is 4.98 Å². The molecule has 0 bridgehead atoms. The third kappa shape index (κ3) is 4.20. The van der Waals surface area contributed by atoms with Crippen LogP contribution in [0.2, 0.25) is 0 Å². The van der Waals surface area contributed by atoms with Crippen molar-refractivity contribution < 1.29 is 4.74 Å². The van der Waals surface area contributed by atoms with Crippen LogP contribution in [-0.4, -0.2) is 16.6 Å². The fourth-order valence-corrected chi connectivity index (χ4v) is 1.76. The summed E-state index contributed by atoms with van der Waals surface area (Å²) in [6, 6.07) is 9.89. The molecule has 0 aliphatic carbocycles. The fourth-order valence-electron chi connectivity index (χ4n) is 1.76. The van der Waals surface area contributed by atoms with Gasteiger partial charge in [0, 0.05) is 25.4 Å². The van der Waals surface area contributed by atoms with E-state index in [1.165, 1.54) is 0 Å². The molecule has 0 aliphatic heterocycles. The molecule has 1 aromatic heterocycles. The molecular formula is C15H20N4O. The van der Waals surface area contributed by atoms with Crippen molar-refractivity contribution in [2.24, 2.45) is 5.73 Å². The minimum absolute atomic E-state index is 0.546. The van der Waals surface area contributed by atoms with E-state index in [1.54, 1.807) is 12.3 Å². The first-order valence-electron chi connectivity index (χ1n) is 6.79. The minimum Gasteiger partial charge on any atom is -0.478 e. The maximum absolute atomic E-state index is 5.63. The first-order valence-corrected chi connectivity index (χ1v) is 6.79. The van der Waals surface area contributed by atoms with Gasteiger partial charge in [-0.15, -0.1) is 0 Å². The van der Waals surface area contributed by atoms with Crippen LogP contribution in [0.3, 0.4) is 0 Å². The lowest BCUT2D eigenvalue weighted by atomic mass is 10.1. The number of anilines is 1. The summed E-state index contributed by atoms with van der Waals surface area (Å²) in [6.07, 6.45) is 2.65. The second-order valence-electron chi connectivity index (χ2n) is 4.44. The largest absolute Gasteiger partial charge is 0.478 e. The molecule has 0 unspecified atom stereocenters. The predicted octanol–water partition coefficient (Wildman–Crippen LogP) is 2.34. The standard InChI is InChI=1S/C15H20N4O/c1-2-8-20-14-6-7-17-15(19-14)18-11-13-5-3-4-12(9-13)10-16/h3-7,9H,2,8,10-11,16H2,1H3,(H,17,18,19). The third-order valence-corrected chi connectivity index (χ3v) is 2.76. The van der Waals surface area contributed by atoms with Gasteiger partial charge in [-0.05, 0) is 17.5 Å². The number of aromatic nitrogens is 2. The molecule has 1 heterocycles. The molecule has 5 heteroatoms. The number of ether oxygens (including phenoxy) is 1. The molecule has 5 nitrogen and oxygen atoms in total. The average Bonchev–Trinajstić information content (AvgIpc) is 2.51. The summed E-state index contributed by atoms with van der Waals surface area (Å²) in [5.74, 6) is 1.16. The summed E-state index contributed by atoms with van der Waals surface area (Å²) in [6.45, 7) is 3.93. The van der Waals surface area contributed by atoms with E-state index in [1.807, 2.05) is 18.2 Å². The molecular weight excluding hydrogens is 252 g/mol. The smallest absolute Gasteiger partial charge is 0.226 e. The fraction of sp³-hybridized carbons (Fsp3) is 0.333. The number of rotatable bonds is 7. The van der Waals surface area contributed by atoms with Gasteiger partial charge >= 0.3 is 0 Å². The van der Waals surface area contributed by atoms with Crippen molar-refractivity contribution in [1.82, 2.24) is 9.97 Å². The van der Waals surface area contributed by atoms with Gasteiger partial charge in [-0.1, -0.05) is 31.2 Å². The Morgan fingerprint density at radius 1 is 1.25 bits per heavy atom. The molecule has 1 aromatic carbocycles. The summed E-state index contributed by atoms with van der Waals surface area (Å²) in [5.41, 5.74) is 7.90. The number of nitrogens with zero attached hydrogens (tertiary/aromatic N) is 2. The van der Waals surface area contributed by atoms with E-state index in [0.717, 1.165) is 17.5 Å². The topological polar surface area (TPSA) is 73.1 Å². The van der Waals surface area contributed by atoms with E-state index in [9.17, 15) is 0 Å². The van der Waals surface area contributed by atoms with E-state index in [4.69, 9.17) is 10.5 Å². The van der Waals surface area contributed by atoms with E-state index in [-0.39, 0.29) is 0 Å². The van der Waals surface area contributed by atoms with Crippen molar-refractivity contribution in [2.45, 2.75) is 26.4 Å². The maximum atomic E-state index is 5.63. The van der Waals surface area contributed by atoms with Crippen molar-refractivity contribution in [2.75, 3.05) is 11.9 Å². The lowest BCUT2D eigenvalue weighted by Crippen LogP contribution is -2.06. The second-order valence-corrected chi connectivity index (χ2v) is 4.44. The van der Waals surface area contributed by atoms with E-state index < -0.39 is 0 Å². The van der Waals surface area contributed by atoms with Crippen LogP contribution >= 0.6 is 0 Å². The highest BCUT2D eigenvalue weighted by molar-refractivity contribution is 5.31. The molecule has 0 fully saturated rings. The number of benzene rings is 1. The molecule has 0 saturated carbocycles. The second kappa shape index (κ2) is 7.45. The van der Waals surface area contributed by atoms with Crippen LogP contribution < -0.4 is 15.8 Å². The average molecular weight is 272 g/mol. The first-order chi connectivity index (χ1) is 9.81. The lowest BCUT2D eigenvalue weighted by Gasteiger charge is -2.08. The van der Waals surface area contributed by atoms with Gasteiger partial charge < -0.3 is 15.8 Å². The zero-order chi connectivity index (χ0) is 14.2. The van der Waals surface area contributed by atoms with Crippen molar-refractivity contribution in [1.29, 1.82) is 0 Å². The third-order valence-electron chi connectivity index (χ3n) is 2.76. The van der Waals surface area contributed by atoms with E-state index >= 15 is 0 Å². The zero-order valence-electron chi connectivity index (χ0n) is 11.7. The Hall–Kier alpha value is -2.14. The van der Waals surface area contributed by atoms with Gasteiger partial charge in [-0.2, -0.15) is 4.98 Å². The Morgan fingerprint density at radius 3 is 2.90 bits per heavy atom. The molecule has 2 rings (SSSR count).